The number of nitrogen functional groups attached to an aromatic ring is 1. The summed E-state index contributed by atoms with van der Waals surface area (Å²) in [4.78, 5) is 19.4. The summed E-state index contributed by atoms with van der Waals surface area (Å²) in [6, 6.07) is 0. The first-order valence-corrected chi connectivity index (χ1v) is 8.42. The van der Waals surface area contributed by atoms with Crippen LogP contribution in [-0.4, -0.2) is 38.7 Å². The summed E-state index contributed by atoms with van der Waals surface area (Å²) in [5.74, 6) is 1.24. The molecule has 8 heteroatoms. The predicted octanol–water partition coefficient (Wildman–Crippen LogP) is 2.44. The molecule has 1 aliphatic rings. The molecule has 0 saturated carbocycles. The Labute approximate surface area is 137 Å². The first-order chi connectivity index (χ1) is 10.5. The maximum Gasteiger partial charge on any atom is 0.265 e. The lowest BCUT2D eigenvalue weighted by Gasteiger charge is -2.31. The van der Waals surface area contributed by atoms with Crippen molar-refractivity contribution < 1.29 is 4.79 Å². The summed E-state index contributed by atoms with van der Waals surface area (Å²) in [6.45, 7) is 3.26. The lowest BCUT2D eigenvalue weighted by molar-refractivity contribution is 0.0709. The van der Waals surface area contributed by atoms with E-state index in [9.17, 15) is 4.79 Å². The zero-order chi connectivity index (χ0) is 15.9. The maximum absolute atomic E-state index is 12.7. The Morgan fingerprint density at radius 3 is 2.91 bits per heavy atom. The molecule has 118 valence electrons. The van der Waals surface area contributed by atoms with E-state index in [0.717, 1.165) is 24.9 Å². The molecule has 3 heterocycles. The number of hydrogen-bond donors (Lipinski definition) is 1. The number of likely N-dealkylation sites (tertiary alicyclic amines) is 1. The molecular formula is C14H18ClN5OS. The van der Waals surface area contributed by atoms with Crippen LogP contribution in [0.4, 0.5) is 5.95 Å². The monoisotopic (exact) mass is 339 g/mol. The third-order valence-corrected chi connectivity index (χ3v) is 5.67. The number of rotatable bonds is 2. The molecule has 3 rings (SSSR count). The lowest BCUT2D eigenvalue weighted by Crippen LogP contribution is -2.39. The Hall–Kier alpha value is -1.60. The zero-order valence-electron chi connectivity index (χ0n) is 12.5. The van der Waals surface area contributed by atoms with Crippen molar-refractivity contribution in [3.05, 3.63) is 26.7 Å². The number of hydrogen-bond acceptors (Lipinski definition) is 5. The molecule has 2 aromatic heterocycles. The highest BCUT2D eigenvalue weighted by Gasteiger charge is 2.29. The van der Waals surface area contributed by atoms with Crippen molar-refractivity contribution in [2.24, 2.45) is 7.05 Å². The summed E-state index contributed by atoms with van der Waals surface area (Å²) >= 11 is 7.62. The molecule has 1 fully saturated rings. The second-order valence-electron chi connectivity index (χ2n) is 5.60. The summed E-state index contributed by atoms with van der Waals surface area (Å²) in [6.07, 6.45) is 1.89. The van der Waals surface area contributed by atoms with Gasteiger partial charge in [0.1, 0.15) is 4.88 Å². The Bertz CT molecular complexity index is 691. The predicted molar refractivity (Wildman–Crippen MR) is 87.4 cm³/mol. The van der Waals surface area contributed by atoms with Crippen molar-refractivity contribution in [3.63, 3.8) is 0 Å². The van der Waals surface area contributed by atoms with Crippen LogP contribution < -0.4 is 5.73 Å². The zero-order valence-corrected chi connectivity index (χ0v) is 14.1. The average Bonchev–Trinajstić information content (AvgIpc) is 3.02. The van der Waals surface area contributed by atoms with Crippen LogP contribution in [0.5, 0.6) is 0 Å². The first-order valence-electron chi connectivity index (χ1n) is 7.16. The van der Waals surface area contributed by atoms with Crippen LogP contribution in [0.15, 0.2) is 5.38 Å². The number of halogens is 1. The van der Waals surface area contributed by atoms with E-state index in [0.29, 0.717) is 28.2 Å². The molecule has 0 aromatic carbocycles. The largest absolute Gasteiger partial charge is 0.368 e. The number of piperidine rings is 1. The lowest BCUT2D eigenvalue weighted by atomic mass is 9.97. The van der Waals surface area contributed by atoms with Crippen molar-refractivity contribution >= 4 is 34.8 Å². The minimum atomic E-state index is -0.00305. The van der Waals surface area contributed by atoms with Gasteiger partial charge in [-0.15, -0.1) is 11.3 Å². The molecule has 1 unspecified atom stereocenters. The van der Waals surface area contributed by atoms with E-state index >= 15 is 0 Å². The van der Waals surface area contributed by atoms with E-state index < -0.39 is 0 Å². The number of nitrogens with two attached hydrogens (primary N) is 1. The van der Waals surface area contributed by atoms with E-state index in [2.05, 4.69) is 10.1 Å². The number of carbonyl (C=O) groups is 1. The number of aryl methyl sites for hydroxylation is 2. The molecule has 0 spiro atoms. The number of nitrogens with zero attached hydrogens (tertiary/aromatic N) is 4. The Morgan fingerprint density at radius 2 is 2.32 bits per heavy atom. The SMILES string of the molecule is Cc1csc(C(=O)N2CCCC(c3nc(N)n(C)n3)C2)c1Cl. The minimum absolute atomic E-state index is 0.00305. The molecule has 1 atom stereocenters. The third-order valence-electron chi connectivity index (χ3n) is 3.98. The molecule has 1 saturated heterocycles. The first kappa shape index (κ1) is 15.3. The van der Waals surface area contributed by atoms with Crippen LogP contribution in [0.25, 0.3) is 0 Å². The number of aromatic nitrogens is 3. The van der Waals surface area contributed by atoms with Gasteiger partial charge in [0.2, 0.25) is 5.95 Å². The molecule has 22 heavy (non-hydrogen) atoms. The fourth-order valence-corrected chi connectivity index (χ4v) is 3.92. The molecule has 0 aliphatic carbocycles. The molecule has 0 bridgehead atoms. The minimum Gasteiger partial charge on any atom is -0.368 e. The summed E-state index contributed by atoms with van der Waals surface area (Å²) in [7, 11) is 1.77. The van der Waals surface area contributed by atoms with E-state index in [-0.39, 0.29) is 11.8 Å². The van der Waals surface area contributed by atoms with Crippen LogP contribution in [0.3, 0.4) is 0 Å². The molecule has 0 radical (unpaired) electrons. The summed E-state index contributed by atoms with van der Waals surface area (Å²) in [5.41, 5.74) is 6.70. The van der Waals surface area contributed by atoms with Crippen LogP contribution in [0.2, 0.25) is 5.02 Å². The second kappa shape index (κ2) is 5.89. The van der Waals surface area contributed by atoms with E-state index in [4.69, 9.17) is 17.3 Å². The normalized spacial score (nSPS) is 18.7. The van der Waals surface area contributed by atoms with Crippen LogP contribution in [0, 0.1) is 6.92 Å². The van der Waals surface area contributed by atoms with Gasteiger partial charge in [-0.3, -0.25) is 4.79 Å². The Morgan fingerprint density at radius 1 is 1.55 bits per heavy atom. The van der Waals surface area contributed by atoms with Gasteiger partial charge in [-0.1, -0.05) is 11.6 Å². The number of thiophene rings is 1. The van der Waals surface area contributed by atoms with Crippen LogP contribution in [0.1, 0.15) is 39.8 Å². The summed E-state index contributed by atoms with van der Waals surface area (Å²) in [5, 5.41) is 6.82. The maximum atomic E-state index is 12.7. The standard InChI is InChI=1S/C14H18ClN5OS/c1-8-7-22-11(10(8)15)13(21)20-5-3-4-9(6-20)12-17-14(16)19(2)18-12/h7,9H,3-6H2,1-2H3,(H2,16,17,18). The van der Waals surface area contributed by atoms with Gasteiger partial charge >= 0.3 is 0 Å². The van der Waals surface area contributed by atoms with Crippen molar-refractivity contribution in [3.8, 4) is 0 Å². The molecule has 2 aromatic rings. The molecule has 2 N–H and O–H groups in total. The van der Waals surface area contributed by atoms with Crippen molar-refractivity contribution in [2.75, 3.05) is 18.8 Å². The number of anilines is 1. The highest BCUT2D eigenvalue weighted by molar-refractivity contribution is 7.13. The molecule has 6 nitrogen and oxygen atoms in total. The van der Waals surface area contributed by atoms with E-state index in [1.807, 2.05) is 17.2 Å². The number of amides is 1. The van der Waals surface area contributed by atoms with Gasteiger partial charge in [0.25, 0.3) is 5.91 Å². The van der Waals surface area contributed by atoms with Gasteiger partial charge in [-0.25, -0.2) is 4.68 Å². The molecule has 1 aliphatic heterocycles. The quantitative estimate of drug-likeness (QED) is 0.911. The molecular weight excluding hydrogens is 322 g/mol. The topological polar surface area (TPSA) is 77.0 Å². The number of carbonyl (C=O) groups excluding carboxylic acids is 1. The fraction of sp³-hybridized carbons (Fsp3) is 0.500. The third kappa shape index (κ3) is 2.70. The van der Waals surface area contributed by atoms with Crippen molar-refractivity contribution in [1.82, 2.24) is 19.7 Å². The van der Waals surface area contributed by atoms with Crippen molar-refractivity contribution in [1.29, 1.82) is 0 Å². The van der Waals surface area contributed by atoms with E-state index in [1.165, 1.54) is 11.3 Å². The van der Waals surface area contributed by atoms with Gasteiger partial charge in [-0.2, -0.15) is 10.1 Å². The highest BCUT2D eigenvalue weighted by Crippen LogP contribution is 2.31. The van der Waals surface area contributed by atoms with Crippen LogP contribution >= 0.6 is 22.9 Å². The smallest absolute Gasteiger partial charge is 0.265 e. The van der Waals surface area contributed by atoms with Gasteiger partial charge in [-0.05, 0) is 30.7 Å². The van der Waals surface area contributed by atoms with Gasteiger partial charge in [0, 0.05) is 26.1 Å². The van der Waals surface area contributed by atoms with Crippen molar-refractivity contribution in [2.45, 2.75) is 25.7 Å². The highest BCUT2D eigenvalue weighted by atomic mass is 35.5. The van der Waals surface area contributed by atoms with Gasteiger partial charge in [0.15, 0.2) is 5.82 Å². The average molecular weight is 340 g/mol. The van der Waals surface area contributed by atoms with Crippen LogP contribution in [-0.2, 0) is 7.05 Å². The fourth-order valence-electron chi connectivity index (χ4n) is 2.68. The second-order valence-corrected chi connectivity index (χ2v) is 6.86. The van der Waals surface area contributed by atoms with Gasteiger partial charge in [0.05, 0.1) is 5.02 Å². The van der Waals surface area contributed by atoms with E-state index in [1.54, 1.807) is 11.7 Å². The molecule has 1 amide bonds. The van der Waals surface area contributed by atoms with Gasteiger partial charge < -0.3 is 10.6 Å². The summed E-state index contributed by atoms with van der Waals surface area (Å²) < 4.78 is 1.57. The Kier molecular flexibility index (Phi) is 4.10. The Balaban J connectivity index is 1.78.